The van der Waals surface area contributed by atoms with Crippen molar-refractivity contribution in [2.45, 2.75) is 13.8 Å². The van der Waals surface area contributed by atoms with Crippen molar-refractivity contribution in [2.24, 2.45) is 0 Å². The molecule has 2 amide bonds. The highest BCUT2D eigenvalue weighted by molar-refractivity contribution is 5.67. The largest absolute Gasteiger partial charge is 0.448 e. The second-order valence-corrected chi connectivity index (χ2v) is 1.75. The summed E-state index contributed by atoms with van der Waals surface area (Å²) < 4.78 is 8.83. The molecular formula is C6H12N2O5. The van der Waals surface area contributed by atoms with Crippen LogP contribution < -0.4 is 11.0 Å². The van der Waals surface area contributed by atoms with Gasteiger partial charge in [0.2, 0.25) is 0 Å². The van der Waals surface area contributed by atoms with Gasteiger partial charge in [-0.1, -0.05) is 0 Å². The Morgan fingerprint density at radius 3 is 1.69 bits per heavy atom. The summed E-state index contributed by atoms with van der Waals surface area (Å²) in [5.74, 6) is 0. The zero-order valence-electron chi connectivity index (χ0n) is 7.46. The van der Waals surface area contributed by atoms with Gasteiger partial charge in [-0.05, 0) is 13.8 Å². The van der Waals surface area contributed by atoms with Gasteiger partial charge in [-0.3, -0.25) is 0 Å². The minimum absolute atomic E-state index is 0.217. The number of hydrogen-bond donors (Lipinski definition) is 2. The summed E-state index contributed by atoms with van der Waals surface area (Å²) in [6.45, 7) is 3.71. The lowest BCUT2D eigenvalue weighted by Crippen LogP contribution is -2.35. The minimum atomic E-state index is -0.792. The van der Waals surface area contributed by atoms with Crippen LogP contribution in [0.4, 0.5) is 9.59 Å². The van der Waals surface area contributed by atoms with Crippen molar-refractivity contribution in [3.05, 3.63) is 0 Å². The van der Waals surface area contributed by atoms with Gasteiger partial charge in [0.05, 0.1) is 13.2 Å². The van der Waals surface area contributed by atoms with E-state index in [9.17, 15) is 9.59 Å². The molecule has 2 N–H and O–H groups in total. The highest BCUT2D eigenvalue weighted by Gasteiger charge is 2.02. The summed E-state index contributed by atoms with van der Waals surface area (Å²) in [6, 6.07) is 0. The fourth-order valence-corrected chi connectivity index (χ4v) is 0.430. The fraction of sp³-hybridized carbons (Fsp3) is 0.667. The van der Waals surface area contributed by atoms with Crippen molar-refractivity contribution in [1.29, 1.82) is 0 Å². The van der Waals surface area contributed by atoms with Crippen LogP contribution in [0.1, 0.15) is 13.8 Å². The zero-order chi connectivity index (χ0) is 10.1. The minimum Gasteiger partial charge on any atom is -0.448 e. The first-order valence-corrected chi connectivity index (χ1v) is 3.72. The number of carbonyl (C=O) groups is 2. The van der Waals surface area contributed by atoms with Gasteiger partial charge in [0.1, 0.15) is 0 Å². The van der Waals surface area contributed by atoms with Gasteiger partial charge < -0.3 is 9.47 Å². The number of rotatable bonds is 4. The number of hydroxylamine groups is 2. The van der Waals surface area contributed by atoms with Crippen molar-refractivity contribution in [3.8, 4) is 0 Å². The van der Waals surface area contributed by atoms with Crippen LogP contribution in [0.25, 0.3) is 0 Å². The van der Waals surface area contributed by atoms with E-state index in [1.54, 1.807) is 24.8 Å². The maximum Gasteiger partial charge on any atom is 0.433 e. The summed E-state index contributed by atoms with van der Waals surface area (Å²) in [7, 11) is 0. The molecule has 0 atom stereocenters. The number of nitrogens with one attached hydrogen (secondary N) is 2. The van der Waals surface area contributed by atoms with E-state index in [-0.39, 0.29) is 13.2 Å². The molecule has 0 aromatic carbocycles. The van der Waals surface area contributed by atoms with Crippen molar-refractivity contribution in [3.63, 3.8) is 0 Å². The molecule has 0 saturated heterocycles. The van der Waals surface area contributed by atoms with Crippen molar-refractivity contribution in [2.75, 3.05) is 13.2 Å². The Labute approximate surface area is 75.2 Å². The molecule has 0 rings (SSSR count). The Morgan fingerprint density at radius 1 is 1.00 bits per heavy atom. The normalized spacial score (nSPS) is 8.77. The lowest BCUT2D eigenvalue weighted by atomic mass is 10.9. The molecule has 0 aliphatic carbocycles. The van der Waals surface area contributed by atoms with Gasteiger partial charge in [0, 0.05) is 0 Å². The molecule has 0 spiro atoms. The summed E-state index contributed by atoms with van der Waals surface area (Å²) in [5.41, 5.74) is 3.60. The molecule has 0 aliphatic heterocycles. The van der Waals surface area contributed by atoms with Crippen LogP contribution in [-0.4, -0.2) is 25.4 Å². The summed E-state index contributed by atoms with van der Waals surface area (Å²) >= 11 is 0. The molecule has 0 radical (unpaired) electrons. The third kappa shape index (κ3) is 6.88. The molecule has 0 bridgehead atoms. The standard InChI is InChI=1S/C6H12N2O5/c1-3-11-5(9)7-13-8-6(10)12-4-2/h3-4H2,1-2H3,(H,7,9)(H,8,10). The Morgan fingerprint density at radius 2 is 1.38 bits per heavy atom. The van der Waals surface area contributed by atoms with E-state index >= 15 is 0 Å². The molecule has 0 unspecified atom stereocenters. The van der Waals surface area contributed by atoms with Crippen LogP contribution in [0.2, 0.25) is 0 Å². The van der Waals surface area contributed by atoms with E-state index in [1.165, 1.54) is 0 Å². The van der Waals surface area contributed by atoms with E-state index < -0.39 is 12.2 Å². The molecular weight excluding hydrogens is 180 g/mol. The quantitative estimate of drug-likeness (QED) is 0.626. The van der Waals surface area contributed by atoms with Gasteiger partial charge in [0.15, 0.2) is 0 Å². The van der Waals surface area contributed by atoms with Gasteiger partial charge >= 0.3 is 12.2 Å². The van der Waals surface area contributed by atoms with Crippen LogP contribution in [0.3, 0.4) is 0 Å². The van der Waals surface area contributed by atoms with Crippen LogP contribution >= 0.6 is 0 Å². The Bertz CT molecular complexity index is 154. The topological polar surface area (TPSA) is 85.9 Å². The lowest BCUT2D eigenvalue weighted by molar-refractivity contribution is -0.0307. The predicted octanol–water partition coefficient (Wildman–Crippen LogP) is 0.325. The summed E-state index contributed by atoms with van der Waals surface area (Å²) in [4.78, 5) is 25.3. The Balaban J connectivity index is 3.33. The zero-order valence-corrected chi connectivity index (χ0v) is 7.46. The van der Waals surface area contributed by atoms with Crippen LogP contribution in [0.15, 0.2) is 0 Å². The van der Waals surface area contributed by atoms with E-state index in [4.69, 9.17) is 0 Å². The van der Waals surface area contributed by atoms with E-state index in [0.717, 1.165) is 0 Å². The number of amides is 2. The average molecular weight is 192 g/mol. The Kier molecular flexibility index (Phi) is 6.34. The second kappa shape index (κ2) is 7.17. The van der Waals surface area contributed by atoms with Crippen LogP contribution in [0.5, 0.6) is 0 Å². The highest BCUT2D eigenvalue weighted by Crippen LogP contribution is 1.77. The predicted molar refractivity (Wildman–Crippen MR) is 41.4 cm³/mol. The van der Waals surface area contributed by atoms with E-state index in [1.807, 2.05) is 0 Å². The second-order valence-electron chi connectivity index (χ2n) is 1.75. The Hall–Kier alpha value is -1.50. The summed E-state index contributed by atoms with van der Waals surface area (Å²) in [5, 5.41) is 0. The molecule has 0 heterocycles. The number of carbonyl (C=O) groups excluding carboxylic acids is 2. The average Bonchev–Trinajstić information content (AvgIpc) is 2.05. The number of hydrogen-bond acceptors (Lipinski definition) is 5. The first-order chi connectivity index (χ1) is 6.20. The highest BCUT2D eigenvalue weighted by atomic mass is 16.8. The first-order valence-electron chi connectivity index (χ1n) is 3.72. The summed E-state index contributed by atoms with van der Waals surface area (Å²) in [6.07, 6.45) is -1.58. The number of ether oxygens (including phenoxy) is 2. The SMILES string of the molecule is CCOC(=O)NONC(=O)OCC. The van der Waals surface area contributed by atoms with Crippen molar-refractivity contribution < 1.29 is 24.0 Å². The van der Waals surface area contributed by atoms with Gasteiger partial charge in [0.25, 0.3) is 0 Å². The molecule has 0 aromatic heterocycles. The van der Waals surface area contributed by atoms with Gasteiger partial charge in [-0.25, -0.2) is 9.59 Å². The molecule has 0 aliphatic rings. The first kappa shape index (κ1) is 11.5. The fourth-order valence-electron chi connectivity index (χ4n) is 0.430. The molecule has 0 saturated carbocycles. The molecule has 13 heavy (non-hydrogen) atoms. The van der Waals surface area contributed by atoms with Gasteiger partial charge in [-0.15, -0.1) is 4.94 Å². The van der Waals surface area contributed by atoms with E-state index in [2.05, 4.69) is 14.4 Å². The maximum atomic E-state index is 10.5. The molecule has 0 aromatic rings. The van der Waals surface area contributed by atoms with Crippen LogP contribution in [-0.2, 0) is 14.4 Å². The monoisotopic (exact) mass is 192 g/mol. The van der Waals surface area contributed by atoms with E-state index in [0.29, 0.717) is 0 Å². The third-order valence-corrected chi connectivity index (χ3v) is 0.820. The lowest BCUT2D eigenvalue weighted by Gasteiger charge is -2.05. The third-order valence-electron chi connectivity index (χ3n) is 0.820. The van der Waals surface area contributed by atoms with Crippen molar-refractivity contribution >= 4 is 12.2 Å². The molecule has 76 valence electrons. The van der Waals surface area contributed by atoms with Crippen molar-refractivity contribution in [1.82, 2.24) is 11.0 Å². The maximum absolute atomic E-state index is 10.5. The smallest absolute Gasteiger partial charge is 0.433 e. The molecule has 7 nitrogen and oxygen atoms in total. The molecule has 0 fully saturated rings. The van der Waals surface area contributed by atoms with Crippen LogP contribution in [0, 0.1) is 0 Å². The molecule has 7 heteroatoms. The van der Waals surface area contributed by atoms with Gasteiger partial charge in [-0.2, -0.15) is 11.0 Å².